The molecule has 2 heterocycles. The van der Waals surface area contributed by atoms with E-state index in [2.05, 4.69) is 16.2 Å². The van der Waals surface area contributed by atoms with Gasteiger partial charge in [-0.1, -0.05) is 12.1 Å². The van der Waals surface area contributed by atoms with Crippen LogP contribution >= 0.6 is 11.3 Å². The lowest BCUT2D eigenvalue weighted by atomic mass is 9.94. The molecule has 1 N–H and O–H groups in total. The van der Waals surface area contributed by atoms with Gasteiger partial charge in [0.15, 0.2) is 0 Å². The summed E-state index contributed by atoms with van der Waals surface area (Å²) >= 11 is 1.76. The van der Waals surface area contributed by atoms with Crippen LogP contribution < -0.4 is 4.72 Å². The second-order valence-electron chi connectivity index (χ2n) is 5.29. The molecular formula is C15H14N2O2S2. The van der Waals surface area contributed by atoms with Gasteiger partial charge in [0.25, 0.3) is 10.0 Å². The van der Waals surface area contributed by atoms with Gasteiger partial charge in [0.1, 0.15) is 5.84 Å². The van der Waals surface area contributed by atoms with Gasteiger partial charge in [-0.2, -0.15) is 0 Å². The third-order valence-corrected chi connectivity index (χ3v) is 6.36. The van der Waals surface area contributed by atoms with Crippen molar-refractivity contribution in [3.63, 3.8) is 0 Å². The van der Waals surface area contributed by atoms with Crippen molar-refractivity contribution in [2.75, 3.05) is 0 Å². The van der Waals surface area contributed by atoms with E-state index >= 15 is 0 Å². The average molecular weight is 318 g/mol. The van der Waals surface area contributed by atoms with Gasteiger partial charge in [0.2, 0.25) is 0 Å². The van der Waals surface area contributed by atoms with E-state index in [1.165, 1.54) is 10.4 Å². The number of benzene rings is 1. The van der Waals surface area contributed by atoms with Crippen LogP contribution in [-0.2, 0) is 16.4 Å². The fourth-order valence-electron chi connectivity index (χ4n) is 2.98. The van der Waals surface area contributed by atoms with Gasteiger partial charge in [-0.05, 0) is 48.4 Å². The zero-order valence-corrected chi connectivity index (χ0v) is 12.9. The molecule has 2 aromatic rings. The number of nitrogens with zero attached hydrogens (tertiary/aromatic N) is 1. The van der Waals surface area contributed by atoms with Gasteiger partial charge in [-0.15, -0.1) is 11.3 Å². The van der Waals surface area contributed by atoms with Crippen molar-refractivity contribution in [1.29, 1.82) is 0 Å². The first-order chi connectivity index (χ1) is 10.1. The number of aryl methyl sites for hydroxylation is 1. The Morgan fingerprint density at radius 1 is 1.24 bits per heavy atom. The van der Waals surface area contributed by atoms with E-state index < -0.39 is 10.0 Å². The number of hydrogen-bond acceptors (Lipinski definition) is 4. The minimum Gasteiger partial charge on any atom is -0.263 e. The monoisotopic (exact) mass is 318 g/mol. The predicted molar refractivity (Wildman–Crippen MR) is 83.3 cm³/mol. The maximum Gasteiger partial charge on any atom is 0.263 e. The summed E-state index contributed by atoms with van der Waals surface area (Å²) < 4.78 is 26.8. The highest BCUT2D eigenvalue weighted by atomic mass is 32.2. The minimum atomic E-state index is -3.45. The second kappa shape index (κ2) is 4.68. The molecule has 1 aliphatic heterocycles. The molecule has 0 spiro atoms. The molecule has 21 heavy (non-hydrogen) atoms. The van der Waals surface area contributed by atoms with Crippen molar-refractivity contribution in [3.05, 3.63) is 51.7 Å². The van der Waals surface area contributed by atoms with Crippen molar-refractivity contribution in [1.82, 2.24) is 4.72 Å². The first kappa shape index (κ1) is 13.0. The molecule has 1 unspecified atom stereocenters. The highest BCUT2D eigenvalue weighted by molar-refractivity contribution is 7.90. The summed E-state index contributed by atoms with van der Waals surface area (Å²) in [4.78, 5) is 6.42. The van der Waals surface area contributed by atoms with E-state index in [0.717, 1.165) is 19.3 Å². The van der Waals surface area contributed by atoms with Crippen LogP contribution in [0.25, 0.3) is 0 Å². The number of rotatable bonds is 1. The zero-order valence-electron chi connectivity index (χ0n) is 11.2. The first-order valence-corrected chi connectivity index (χ1v) is 9.28. The lowest BCUT2D eigenvalue weighted by Crippen LogP contribution is -2.23. The van der Waals surface area contributed by atoms with E-state index in [-0.39, 0.29) is 6.04 Å². The topological polar surface area (TPSA) is 58.5 Å². The van der Waals surface area contributed by atoms with E-state index in [4.69, 9.17) is 4.99 Å². The van der Waals surface area contributed by atoms with Crippen LogP contribution in [0.1, 0.15) is 34.9 Å². The molecule has 0 saturated heterocycles. The highest BCUT2D eigenvalue weighted by Crippen LogP contribution is 2.36. The molecule has 6 heteroatoms. The number of amidine groups is 1. The Kier molecular flexibility index (Phi) is 2.90. The Bertz CT molecular complexity index is 837. The summed E-state index contributed by atoms with van der Waals surface area (Å²) in [5.41, 5.74) is 1.93. The first-order valence-electron chi connectivity index (χ1n) is 6.91. The Morgan fingerprint density at radius 2 is 2.10 bits per heavy atom. The van der Waals surface area contributed by atoms with Gasteiger partial charge in [0.05, 0.1) is 10.9 Å². The van der Waals surface area contributed by atoms with Crippen LogP contribution in [0.3, 0.4) is 0 Å². The van der Waals surface area contributed by atoms with Crippen LogP contribution in [0.5, 0.6) is 0 Å². The standard InChI is InChI=1S/C15H14N2O2S2/c18-21(19)14-7-2-1-4-11(14)15(17-21)16-12-5-3-6-13-10(12)8-9-20-13/h1-2,4,7-9,12H,3,5-6H2,(H,16,17). The van der Waals surface area contributed by atoms with Gasteiger partial charge in [-0.25, -0.2) is 8.42 Å². The van der Waals surface area contributed by atoms with Crippen LogP contribution in [-0.4, -0.2) is 14.3 Å². The number of sulfonamides is 1. The lowest BCUT2D eigenvalue weighted by Gasteiger charge is -2.19. The van der Waals surface area contributed by atoms with E-state index in [9.17, 15) is 8.42 Å². The van der Waals surface area contributed by atoms with E-state index in [1.54, 1.807) is 23.5 Å². The molecule has 0 saturated carbocycles. The van der Waals surface area contributed by atoms with Crippen molar-refractivity contribution >= 4 is 27.2 Å². The van der Waals surface area contributed by atoms with Gasteiger partial charge in [-0.3, -0.25) is 9.71 Å². The molecular weight excluding hydrogens is 304 g/mol. The Morgan fingerprint density at radius 3 is 3.00 bits per heavy atom. The Balaban J connectivity index is 1.80. The van der Waals surface area contributed by atoms with Crippen molar-refractivity contribution in [3.8, 4) is 0 Å². The fourth-order valence-corrected chi connectivity index (χ4v) is 5.20. The summed E-state index contributed by atoms with van der Waals surface area (Å²) in [6, 6.07) is 9.18. The number of hydrogen-bond donors (Lipinski definition) is 1. The Hall–Kier alpha value is -1.66. The molecule has 4 rings (SSSR count). The average Bonchev–Trinajstić information content (AvgIpc) is 3.04. The molecule has 1 atom stereocenters. The van der Waals surface area contributed by atoms with Crippen LogP contribution in [0.15, 0.2) is 45.6 Å². The molecule has 1 aromatic heterocycles. The molecule has 108 valence electrons. The summed E-state index contributed by atoms with van der Waals surface area (Å²) in [6.07, 6.45) is 3.18. The molecule has 1 aliphatic carbocycles. The van der Waals surface area contributed by atoms with Gasteiger partial charge in [0, 0.05) is 10.4 Å². The van der Waals surface area contributed by atoms with Gasteiger partial charge >= 0.3 is 0 Å². The largest absolute Gasteiger partial charge is 0.263 e. The summed E-state index contributed by atoms with van der Waals surface area (Å²) in [7, 11) is -3.45. The molecule has 0 amide bonds. The quantitative estimate of drug-likeness (QED) is 0.879. The molecule has 2 aliphatic rings. The molecule has 0 bridgehead atoms. The highest BCUT2D eigenvalue weighted by Gasteiger charge is 2.31. The molecule has 1 aromatic carbocycles. The van der Waals surface area contributed by atoms with Crippen molar-refractivity contribution < 1.29 is 8.42 Å². The lowest BCUT2D eigenvalue weighted by molar-refractivity contribution is 0.578. The van der Waals surface area contributed by atoms with Crippen LogP contribution in [0, 0.1) is 0 Å². The SMILES string of the molecule is O=S1(=O)NC(=NC2CCCc3sccc32)c2ccccc21. The number of nitrogens with one attached hydrogen (secondary N) is 1. The maximum absolute atomic E-state index is 12.1. The van der Waals surface area contributed by atoms with E-state index in [0.29, 0.717) is 16.3 Å². The Labute approximate surface area is 127 Å². The van der Waals surface area contributed by atoms with Crippen LogP contribution in [0.4, 0.5) is 0 Å². The summed E-state index contributed by atoms with van der Waals surface area (Å²) in [5, 5.41) is 2.09. The van der Waals surface area contributed by atoms with Crippen molar-refractivity contribution in [2.24, 2.45) is 4.99 Å². The molecule has 0 radical (unpaired) electrons. The van der Waals surface area contributed by atoms with Gasteiger partial charge < -0.3 is 0 Å². The number of thiophene rings is 1. The number of aliphatic imine (C=N–C) groups is 1. The minimum absolute atomic E-state index is 0.0591. The summed E-state index contributed by atoms with van der Waals surface area (Å²) in [5.74, 6) is 0.481. The molecule has 4 nitrogen and oxygen atoms in total. The molecule has 0 fully saturated rings. The van der Waals surface area contributed by atoms with Crippen LogP contribution in [0.2, 0.25) is 0 Å². The third-order valence-electron chi connectivity index (χ3n) is 3.97. The smallest absolute Gasteiger partial charge is 0.263 e. The summed E-state index contributed by atoms with van der Waals surface area (Å²) in [6.45, 7) is 0. The van der Waals surface area contributed by atoms with E-state index in [1.807, 2.05) is 12.1 Å². The predicted octanol–water partition coefficient (Wildman–Crippen LogP) is 2.86. The number of fused-ring (bicyclic) bond motifs is 2. The second-order valence-corrected chi connectivity index (χ2v) is 7.94. The maximum atomic E-state index is 12.1. The zero-order chi connectivity index (χ0) is 14.4. The van der Waals surface area contributed by atoms with Crippen molar-refractivity contribution in [2.45, 2.75) is 30.2 Å². The third kappa shape index (κ3) is 2.10. The normalized spacial score (nSPS) is 24.4. The fraction of sp³-hybridized carbons (Fsp3) is 0.267.